The van der Waals surface area contributed by atoms with Gasteiger partial charge in [0, 0.05) is 31.4 Å². The van der Waals surface area contributed by atoms with Gasteiger partial charge < -0.3 is 10.6 Å². The minimum Gasteiger partial charge on any atom is -0.325 e. The van der Waals surface area contributed by atoms with E-state index >= 15 is 0 Å². The molecule has 28 heavy (non-hydrogen) atoms. The van der Waals surface area contributed by atoms with Gasteiger partial charge in [-0.3, -0.25) is 9.69 Å². The van der Waals surface area contributed by atoms with Crippen LogP contribution >= 0.6 is 12.4 Å². The van der Waals surface area contributed by atoms with Crippen molar-refractivity contribution < 1.29 is 17.6 Å². The van der Waals surface area contributed by atoms with Crippen LogP contribution in [0, 0.1) is 5.82 Å². The van der Waals surface area contributed by atoms with Crippen molar-refractivity contribution in [1.29, 1.82) is 0 Å². The number of rotatable bonds is 5. The number of nitrogens with one attached hydrogen (secondary N) is 2. The Hall–Kier alpha value is -2.04. The van der Waals surface area contributed by atoms with Crippen LogP contribution in [-0.2, 0) is 14.8 Å². The van der Waals surface area contributed by atoms with E-state index in [4.69, 9.17) is 5.14 Å². The number of anilines is 1. The molecule has 1 atom stereocenters. The maximum Gasteiger partial charge on any atom is 0.238 e. The first-order valence-corrected chi connectivity index (χ1v) is 10.0. The Balaban J connectivity index is 0.00000280. The molecular weight excluding hydrogens is 407 g/mol. The first-order valence-electron chi connectivity index (χ1n) is 8.46. The largest absolute Gasteiger partial charge is 0.325 e. The number of hydrogen-bond donors (Lipinski definition) is 3. The van der Waals surface area contributed by atoms with Crippen molar-refractivity contribution in [2.45, 2.75) is 10.9 Å². The second-order valence-corrected chi connectivity index (χ2v) is 7.92. The number of piperazine rings is 1. The van der Waals surface area contributed by atoms with E-state index in [9.17, 15) is 17.6 Å². The molecule has 152 valence electrons. The summed E-state index contributed by atoms with van der Waals surface area (Å²) in [6.07, 6.45) is 0. The molecule has 0 bridgehead atoms. The third kappa shape index (κ3) is 5.73. The minimum atomic E-state index is -3.77. The van der Waals surface area contributed by atoms with Crippen LogP contribution in [0.2, 0.25) is 0 Å². The van der Waals surface area contributed by atoms with Crippen LogP contribution < -0.4 is 15.8 Å². The number of carbonyl (C=O) groups excluding carboxylic acids is 1. The fraction of sp³-hybridized carbons (Fsp3) is 0.278. The quantitative estimate of drug-likeness (QED) is 0.669. The summed E-state index contributed by atoms with van der Waals surface area (Å²) in [5.74, 6) is -0.543. The molecule has 10 heteroatoms. The molecule has 2 aromatic rings. The van der Waals surface area contributed by atoms with Crippen molar-refractivity contribution in [1.82, 2.24) is 10.2 Å². The Morgan fingerprint density at radius 1 is 1.25 bits per heavy atom. The molecule has 3 rings (SSSR count). The Morgan fingerprint density at radius 3 is 2.61 bits per heavy atom. The van der Waals surface area contributed by atoms with Gasteiger partial charge in [-0.25, -0.2) is 17.9 Å². The summed E-state index contributed by atoms with van der Waals surface area (Å²) in [5, 5.41) is 11.1. The fourth-order valence-corrected chi connectivity index (χ4v) is 3.61. The number of carbonyl (C=O) groups is 1. The third-order valence-electron chi connectivity index (χ3n) is 4.40. The van der Waals surface area contributed by atoms with Crippen LogP contribution in [0.5, 0.6) is 0 Å². The lowest BCUT2D eigenvalue weighted by molar-refractivity contribution is -0.118. The zero-order valence-electron chi connectivity index (χ0n) is 15.0. The number of nitrogens with two attached hydrogens (primary N) is 1. The smallest absolute Gasteiger partial charge is 0.238 e. The Kier molecular flexibility index (Phi) is 7.50. The molecule has 1 aliphatic heterocycles. The molecule has 0 saturated carbocycles. The van der Waals surface area contributed by atoms with Crippen molar-refractivity contribution in [3.63, 3.8) is 0 Å². The van der Waals surface area contributed by atoms with Gasteiger partial charge in [-0.2, -0.15) is 0 Å². The standard InChI is InChI=1S/C18H21FN4O3S.ClH/c19-14-3-1-2-13(10-14)17-11-21-8-9-23(17)12-18(24)22-15-4-6-16(7-5-15)27(20,25)26;/h1-7,10,17,21H,8-9,11-12H2,(H,22,24)(H2,20,25,26);1H. The van der Waals surface area contributed by atoms with E-state index < -0.39 is 10.0 Å². The van der Waals surface area contributed by atoms with E-state index in [2.05, 4.69) is 10.6 Å². The second-order valence-electron chi connectivity index (χ2n) is 6.36. The van der Waals surface area contributed by atoms with Gasteiger partial charge in [0.1, 0.15) is 5.82 Å². The summed E-state index contributed by atoms with van der Waals surface area (Å²) in [6, 6.07) is 11.9. The normalized spacial score (nSPS) is 17.6. The van der Waals surface area contributed by atoms with Crippen molar-refractivity contribution in [2.24, 2.45) is 5.14 Å². The third-order valence-corrected chi connectivity index (χ3v) is 5.33. The van der Waals surface area contributed by atoms with Crippen LogP contribution in [0.4, 0.5) is 10.1 Å². The zero-order valence-corrected chi connectivity index (χ0v) is 16.6. The van der Waals surface area contributed by atoms with Gasteiger partial charge in [0.15, 0.2) is 0 Å². The molecule has 0 radical (unpaired) electrons. The topological polar surface area (TPSA) is 105 Å². The summed E-state index contributed by atoms with van der Waals surface area (Å²) in [5.41, 5.74) is 1.29. The average molecular weight is 429 g/mol. The first-order chi connectivity index (χ1) is 12.8. The average Bonchev–Trinajstić information content (AvgIpc) is 2.62. The predicted octanol–water partition coefficient (Wildman–Crippen LogP) is 1.48. The number of nitrogens with zero attached hydrogens (tertiary/aromatic N) is 1. The molecule has 0 aromatic heterocycles. The number of hydrogen-bond acceptors (Lipinski definition) is 5. The summed E-state index contributed by atoms with van der Waals surface area (Å²) >= 11 is 0. The molecule has 2 aromatic carbocycles. The summed E-state index contributed by atoms with van der Waals surface area (Å²) in [6.45, 7) is 2.15. The van der Waals surface area contributed by atoms with Gasteiger partial charge in [-0.1, -0.05) is 12.1 Å². The lowest BCUT2D eigenvalue weighted by Gasteiger charge is -2.36. The molecular formula is C18H22ClFN4O3S. The predicted molar refractivity (Wildman–Crippen MR) is 107 cm³/mol. The first kappa shape index (κ1) is 22.3. The maximum absolute atomic E-state index is 13.5. The van der Waals surface area contributed by atoms with Crippen molar-refractivity contribution in [3.8, 4) is 0 Å². The second kappa shape index (κ2) is 9.44. The SMILES string of the molecule is Cl.NS(=O)(=O)c1ccc(NC(=O)CN2CCNCC2c2cccc(F)c2)cc1. The highest BCUT2D eigenvalue weighted by Crippen LogP contribution is 2.23. The van der Waals surface area contributed by atoms with Crippen LogP contribution in [0.25, 0.3) is 0 Å². The molecule has 1 saturated heterocycles. The zero-order chi connectivity index (χ0) is 19.4. The number of primary sulfonamides is 1. The van der Waals surface area contributed by atoms with Crippen molar-refractivity contribution in [3.05, 3.63) is 59.9 Å². The number of sulfonamides is 1. The lowest BCUT2D eigenvalue weighted by Crippen LogP contribution is -2.48. The summed E-state index contributed by atoms with van der Waals surface area (Å²) in [7, 11) is -3.77. The molecule has 0 spiro atoms. The molecule has 1 heterocycles. The van der Waals surface area contributed by atoms with Gasteiger partial charge >= 0.3 is 0 Å². The highest BCUT2D eigenvalue weighted by Gasteiger charge is 2.25. The number of amides is 1. The number of benzene rings is 2. The van der Waals surface area contributed by atoms with E-state index in [0.29, 0.717) is 18.8 Å². The highest BCUT2D eigenvalue weighted by atomic mass is 35.5. The van der Waals surface area contributed by atoms with E-state index in [1.165, 1.54) is 36.4 Å². The molecule has 1 aliphatic rings. The minimum absolute atomic E-state index is 0. The molecule has 4 N–H and O–H groups in total. The van der Waals surface area contributed by atoms with E-state index in [1.54, 1.807) is 6.07 Å². The molecule has 1 fully saturated rings. The van der Waals surface area contributed by atoms with Crippen LogP contribution in [0.1, 0.15) is 11.6 Å². The summed E-state index contributed by atoms with van der Waals surface area (Å²) < 4.78 is 36.1. The number of halogens is 2. The molecule has 0 aliphatic carbocycles. The highest BCUT2D eigenvalue weighted by molar-refractivity contribution is 7.89. The van der Waals surface area contributed by atoms with Gasteiger partial charge in [-0.05, 0) is 42.0 Å². The Labute approximate surface area is 169 Å². The van der Waals surface area contributed by atoms with Gasteiger partial charge in [0.2, 0.25) is 15.9 Å². The van der Waals surface area contributed by atoms with Crippen LogP contribution in [-0.4, -0.2) is 45.4 Å². The van der Waals surface area contributed by atoms with E-state index in [-0.39, 0.29) is 41.6 Å². The molecule has 7 nitrogen and oxygen atoms in total. The lowest BCUT2D eigenvalue weighted by atomic mass is 10.0. The Morgan fingerprint density at radius 2 is 1.96 bits per heavy atom. The maximum atomic E-state index is 13.5. The Bertz CT molecular complexity index is 925. The molecule has 1 amide bonds. The van der Waals surface area contributed by atoms with Crippen LogP contribution in [0.3, 0.4) is 0 Å². The van der Waals surface area contributed by atoms with Crippen molar-refractivity contribution in [2.75, 3.05) is 31.5 Å². The van der Waals surface area contributed by atoms with Crippen LogP contribution in [0.15, 0.2) is 53.4 Å². The summed E-state index contributed by atoms with van der Waals surface area (Å²) in [4.78, 5) is 14.4. The van der Waals surface area contributed by atoms with E-state index in [1.807, 2.05) is 11.0 Å². The van der Waals surface area contributed by atoms with E-state index in [0.717, 1.165) is 12.1 Å². The van der Waals surface area contributed by atoms with Gasteiger partial charge in [-0.15, -0.1) is 12.4 Å². The van der Waals surface area contributed by atoms with Gasteiger partial charge in [0.25, 0.3) is 0 Å². The molecule has 1 unspecified atom stereocenters. The monoisotopic (exact) mass is 428 g/mol. The fourth-order valence-electron chi connectivity index (χ4n) is 3.09. The van der Waals surface area contributed by atoms with Crippen molar-refractivity contribution >= 4 is 34.0 Å². The van der Waals surface area contributed by atoms with Gasteiger partial charge in [0.05, 0.1) is 11.4 Å².